The number of carboxylic acid groups (broad SMARTS) is 1. The van der Waals surface area contributed by atoms with Gasteiger partial charge in [0.15, 0.2) is 0 Å². The van der Waals surface area contributed by atoms with Crippen LogP contribution >= 0.6 is 0 Å². The topological polar surface area (TPSA) is 95.9 Å². The maximum absolute atomic E-state index is 11.8. The molecule has 0 bridgehead atoms. The van der Waals surface area contributed by atoms with Gasteiger partial charge in [-0.25, -0.2) is 4.79 Å². The Hall–Kier alpha value is -2.08. The van der Waals surface area contributed by atoms with E-state index in [1.54, 1.807) is 13.8 Å². The van der Waals surface area contributed by atoms with Crippen LogP contribution in [0.15, 0.2) is 30.3 Å². The van der Waals surface area contributed by atoms with Gasteiger partial charge in [0.05, 0.1) is 18.1 Å². The maximum Gasteiger partial charge on any atom is 0.407 e. The number of hydrogen-bond acceptors (Lipinski definition) is 4. The summed E-state index contributed by atoms with van der Waals surface area (Å²) in [5.41, 5.74) is 0.850. The highest BCUT2D eigenvalue weighted by Crippen LogP contribution is 2.15. The molecule has 0 radical (unpaired) electrons. The fraction of sp³-hybridized carbons (Fsp3) is 0.500. The molecule has 3 N–H and O–H groups in total. The second kappa shape index (κ2) is 9.04. The molecule has 0 heterocycles. The molecule has 3 atom stereocenters. The van der Waals surface area contributed by atoms with E-state index in [0.29, 0.717) is 6.42 Å². The quantitative estimate of drug-likeness (QED) is 0.684. The first-order valence-electron chi connectivity index (χ1n) is 7.37. The molecule has 1 aromatic rings. The second-order valence-electron chi connectivity index (χ2n) is 5.06. The van der Waals surface area contributed by atoms with Crippen molar-refractivity contribution in [2.24, 2.45) is 5.92 Å². The Bertz CT molecular complexity index is 477. The average Bonchev–Trinajstić information content (AvgIpc) is 2.51. The molecular formula is C16H23NO5. The zero-order chi connectivity index (χ0) is 16.5. The molecule has 0 spiro atoms. The summed E-state index contributed by atoms with van der Waals surface area (Å²) in [6.07, 6.45) is -1.13. The van der Waals surface area contributed by atoms with Gasteiger partial charge in [-0.15, -0.1) is 0 Å². The van der Waals surface area contributed by atoms with Crippen LogP contribution in [0.25, 0.3) is 0 Å². The Morgan fingerprint density at radius 1 is 1.18 bits per heavy atom. The fourth-order valence-corrected chi connectivity index (χ4v) is 2.19. The van der Waals surface area contributed by atoms with Crippen molar-refractivity contribution in [2.75, 3.05) is 0 Å². The van der Waals surface area contributed by atoms with Crippen molar-refractivity contribution >= 4 is 12.1 Å². The van der Waals surface area contributed by atoms with Crippen molar-refractivity contribution in [3.8, 4) is 0 Å². The highest BCUT2D eigenvalue weighted by Gasteiger charge is 2.31. The number of aliphatic hydroxyl groups is 1. The summed E-state index contributed by atoms with van der Waals surface area (Å²) in [5, 5.41) is 21.7. The number of amides is 1. The zero-order valence-electron chi connectivity index (χ0n) is 12.9. The minimum absolute atomic E-state index is 0.120. The Morgan fingerprint density at radius 2 is 1.82 bits per heavy atom. The van der Waals surface area contributed by atoms with Gasteiger partial charge in [-0.3, -0.25) is 4.79 Å². The number of hydrogen-bond donors (Lipinski definition) is 3. The first kappa shape index (κ1) is 18.0. The molecule has 0 saturated heterocycles. The molecule has 22 heavy (non-hydrogen) atoms. The van der Waals surface area contributed by atoms with E-state index in [4.69, 9.17) is 9.84 Å². The highest BCUT2D eigenvalue weighted by atomic mass is 16.5. The molecule has 0 aliphatic rings. The number of ether oxygens (including phenoxy) is 1. The van der Waals surface area contributed by atoms with Crippen molar-refractivity contribution in [1.82, 2.24) is 5.32 Å². The molecule has 6 heteroatoms. The van der Waals surface area contributed by atoms with Crippen LogP contribution in [0.1, 0.15) is 32.3 Å². The van der Waals surface area contributed by atoms with Gasteiger partial charge < -0.3 is 20.3 Å². The van der Waals surface area contributed by atoms with Crippen molar-refractivity contribution in [2.45, 2.75) is 45.4 Å². The van der Waals surface area contributed by atoms with E-state index in [-0.39, 0.29) is 13.0 Å². The number of alkyl carbamates (subject to hydrolysis) is 1. The van der Waals surface area contributed by atoms with Crippen LogP contribution in [-0.4, -0.2) is 34.4 Å². The molecule has 1 aromatic carbocycles. The number of aliphatic hydroxyl groups excluding tert-OH is 1. The predicted molar refractivity (Wildman–Crippen MR) is 81.3 cm³/mol. The Kier molecular flexibility index (Phi) is 7.39. The van der Waals surface area contributed by atoms with E-state index in [2.05, 4.69) is 5.32 Å². The summed E-state index contributed by atoms with van der Waals surface area (Å²) in [4.78, 5) is 22.9. The first-order valence-corrected chi connectivity index (χ1v) is 7.37. The maximum atomic E-state index is 11.8. The van der Waals surface area contributed by atoms with Gasteiger partial charge >= 0.3 is 12.1 Å². The lowest BCUT2D eigenvalue weighted by atomic mass is 9.92. The number of carbonyl (C=O) groups is 2. The predicted octanol–water partition coefficient (Wildman–Crippen LogP) is 2.16. The summed E-state index contributed by atoms with van der Waals surface area (Å²) in [7, 11) is 0. The van der Waals surface area contributed by atoms with Crippen LogP contribution < -0.4 is 5.32 Å². The normalized spacial score (nSPS) is 14.7. The Morgan fingerprint density at radius 3 is 2.32 bits per heavy atom. The average molecular weight is 309 g/mol. The molecule has 1 amide bonds. The molecule has 0 aromatic heterocycles. The smallest absolute Gasteiger partial charge is 0.407 e. The number of carbonyl (C=O) groups excluding carboxylic acids is 1. The van der Waals surface area contributed by atoms with Crippen LogP contribution in [0.5, 0.6) is 0 Å². The van der Waals surface area contributed by atoms with E-state index in [9.17, 15) is 14.7 Å². The van der Waals surface area contributed by atoms with Gasteiger partial charge in [-0.05, 0) is 18.4 Å². The zero-order valence-corrected chi connectivity index (χ0v) is 12.9. The summed E-state index contributed by atoms with van der Waals surface area (Å²) >= 11 is 0. The van der Waals surface area contributed by atoms with Gasteiger partial charge in [-0.2, -0.15) is 0 Å². The van der Waals surface area contributed by atoms with Gasteiger partial charge in [0.1, 0.15) is 6.61 Å². The van der Waals surface area contributed by atoms with Crippen LogP contribution in [0.4, 0.5) is 4.79 Å². The van der Waals surface area contributed by atoms with Gasteiger partial charge in [0.2, 0.25) is 0 Å². The third-order valence-electron chi connectivity index (χ3n) is 3.54. The Labute approximate surface area is 130 Å². The first-order chi connectivity index (χ1) is 10.5. The van der Waals surface area contributed by atoms with Crippen molar-refractivity contribution < 1.29 is 24.5 Å². The summed E-state index contributed by atoms with van der Waals surface area (Å²) < 4.78 is 5.08. The van der Waals surface area contributed by atoms with E-state index < -0.39 is 30.1 Å². The molecule has 0 aliphatic carbocycles. The lowest BCUT2D eigenvalue weighted by Gasteiger charge is -2.26. The van der Waals surface area contributed by atoms with Crippen LogP contribution in [0.3, 0.4) is 0 Å². The molecule has 0 aliphatic heterocycles. The number of nitrogens with one attached hydrogen (secondary N) is 1. The largest absolute Gasteiger partial charge is 0.481 e. The minimum atomic E-state index is -1.16. The third kappa shape index (κ3) is 5.37. The fourth-order valence-electron chi connectivity index (χ4n) is 2.19. The lowest BCUT2D eigenvalue weighted by Crippen LogP contribution is -2.48. The van der Waals surface area contributed by atoms with E-state index in [1.807, 2.05) is 30.3 Å². The molecule has 122 valence electrons. The molecule has 0 fully saturated rings. The van der Waals surface area contributed by atoms with Crippen LogP contribution in [0, 0.1) is 5.92 Å². The molecular weight excluding hydrogens is 286 g/mol. The number of rotatable bonds is 8. The van der Waals surface area contributed by atoms with E-state index in [0.717, 1.165) is 5.56 Å². The van der Waals surface area contributed by atoms with E-state index in [1.165, 1.54) is 0 Å². The summed E-state index contributed by atoms with van der Waals surface area (Å²) in [6, 6.07) is 8.55. The molecule has 2 unspecified atom stereocenters. The summed E-state index contributed by atoms with van der Waals surface area (Å²) in [6.45, 7) is 3.57. The van der Waals surface area contributed by atoms with Crippen LogP contribution in [-0.2, 0) is 16.1 Å². The summed E-state index contributed by atoms with van der Waals surface area (Å²) in [5.74, 6) is -1.99. The van der Waals surface area contributed by atoms with E-state index >= 15 is 0 Å². The number of aliphatic carboxylic acids is 1. The number of benzene rings is 1. The molecule has 0 saturated carbocycles. The van der Waals surface area contributed by atoms with Gasteiger partial charge in [0, 0.05) is 0 Å². The van der Waals surface area contributed by atoms with Crippen LogP contribution in [0.2, 0.25) is 0 Å². The van der Waals surface area contributed by atoms with Crippen molar-refractivity contribution in [3.63, 3.8) is 0 Å². The van der Waals surface area contributed by atoms with Crippen molar-refractivity contribution in [3.05, 3.63) is 35.9 Å². The Balaban J connectivity index is 2.54. The third-order valence-corrected chi connectivity index (χ3v) is 3.54. The lowest BCUT2D eigenvalue weighted by molar-refractivity contribution is -0.146. The SMILES string of the molecule is CCC(C(=O)O)C(O)[C@H](CC)NC(=O)OCc1ccccc1. The monoisotopic (exact) mass is 309 g/mol. The van der Waals surface area contributed by atoms with Gasteiger partial charge in [0.25, 0.3) is 0 Å². The highest BCUT2D eigenvalue weighted by molar-refractivity contribution is 5.71. The standard InChI is InChI=1S/C16H23NO5/c1-3-12(15(19)20)14(18)13(4-2)17-16(21)22-10-11-8-6-5-7-9-11/h5-9,12-14,18H,3-4,10H2,1-2H3,(H,17,21)(H,19,20)/t12?,13-,14?/m0/s1. The number of carboxylic acids is 1. The second-order valence-corrected chi connectivity index (χ2v) is 5.06. The van der Waals surface area contributed by atoms with Gasteiger partial charge in [-0.1, -0.05) is 44.2 Å². The minimum Gasteiger partial charge on any atom is -0.481 e. The molecule has 6 nitrogen and oxygen atoms in total. The molecule has 1 rings (SSSR count). The van der Waals surface area contributed by atoms with Crippen molar-refractivity contribution in [1.29, 1.82) is 0 Å².